The lowest BCUT2D eigenvalue weighted by molar-refractivity contribution is 0.623. The van der Waals surface area contributed by atoms with E-state index in [-0.39, 0.29) is 0 Å². The number of aromatic nitrogens is 3. The maximum absolute atomic E-state index is 4.70. The van der Waals surface area contributed by atoms with Crippen LogP contribution in [0.15, 0.2) is 0 Å². The molecule has 0 amide bonds. The molecule has 3 rings (SSSR count). The van der Waals surface area contributed by atoms with Crippen molar-refractivity contribution in [1.29, 1.82) is 0 Å². The highest BCUT2D eigenvalue weighted by Gasteiger charge is 2.19. The highest BCUT2D eigenvalue weighted by Crippen LogP contribution is 2.25. The average Bonchev–Trinajstić information content (AvgIpc) is 2.73. The van der Waals surface area contributed by atoms with Gasteiger partial charge in [0.25, 0.3) is 0 Å². The van der Waals surface area contributed by atoms with Gasteiger partial charge in [-0.3, -0.25) is 0 Å². The molecule has 2 heterocycles. The second-order valence-corrected chi connectivity index (χ2v) is 6.04. The lowest BCUT2D eigenvalue weighted by atomic mass is 10.0. The molecule has 0 spiro atoms. The third kappa shape index (κ3) is 1.65. The summed E-state index contributed by atoms with van der Waals surface area (Å²) in [5.41, 5.74) is 2.66. The Morgan fingerprint density at radius 3 is 2.94 bits per heavy atom. The van der Waals surface area contributed by atoms with Crippen molar-refractivity contribution in [2.45, 2.75) is 46.0 Å². The first-order chi connectivity index (χ1) is 7.74. The van der Waals surface area contributed by atoms with Crippen molar-refractivity contribution in [2.24, 2.45) is 5.92 Å². The fourth-order valence-electron chi connectivity index (χ4n) is 2.34. The highest BCUT2D eigenvalue weighted by molar-refractivity contribution is 7.16. The van der Waals surface area contributed by atoms with Crippen LogP contribution in [0.25, 0.3) is 4.96 Å². The van der Waals surface area contributed by atoms with Crippen molar-refractivity contribution in [3.63, 3.8) is 0 Å². The Hall–Kier alpha value is -0.900. The standard InChI is InChI=1S/C12H17N3S/c1-8(2)7-11-14-15-10-6-4-3-5-9(10)13-12(15)16-11/h8H,3-7H2,1-2H3. The van der Waals surface area contributed by atoms with E-state index in [0.717, 1.165) is 24.2 Å². The topological polar surface area (TPSA) is 30.2 Å². The van der Waals surface area contributed by atoms with E-state index in [1.54, 1.807) is 11.3 Å². The van der Waals surface area contributed by atoms with Crippen LogP contribution in [0.5, 0.6) is 0 Å². The molecule has 0 fully saturated rings. The van der Waals surface area contributed by atoms with Gasteiger partial charge in [-0.05, 0) is 31.6 Å². The van der Waals surface area contributed by atoms with Gasteiger partial charge in [-0.25, -0.2) is 9.50 Å². The quantitative estimate of drug-likeness (QED) is 0.801. The zero-order valence-electron chi connectivity index (χ0n) is 9.86. The number of fused-ring (bicyclic) bond motifs is 3. The van der Waals surface area contributed by atoms with Crippen LogP contribution in [0.3, 0.4) is 0 Å². The molecular formula is C12H17N3S. The lowest BCUT2D eigenvalue weighted by Gasteiger charge is -2.08. The number of hydrogen-bond acceptors (Lipinski definition) is 3. The molecule has 0 aromatic carbocycles. The summed E-state index contributed by atoms with van der Waals surface area (Å²) in [4.78, 5) is 5.80. The molecule has 2 aromatic rings. The van der Waals surface area contributed by atoms with E-state index < -0.39 is 0 Å². The molecule has 0 aliphatic heterocycles. The van der Waals surface area contributed by atoms with Gasteiger partial charge >= 0.3 is 0 Å². The third-order valence-corrected chi connectivity index (χ3v) is 4.01. The van der Waals surface area contributed by atoms with Gasteiger partial charge in [0.2, 0.25) is 4.96 Å². The number of hydrogen-bond donors (Lipinski definition) is 0. The summed E-state index contributed by atoms with van der Waals surface area (Å²) in [5, 5.41) is 5.93. The second kappa shape index (κ2) is 3.84. The van der Waals surface area contributed by atoms with Crippen LogP contribution >= 0.6 is 11.3 Å². The van der Waals surface area contributed by atoms with Crippen molar-refractivity contribution in [1.82, 2.24) is 14.6 Å². The smallest absolute Gasteiger partial charge is 0.212 e. The van der Waals surface area contributed by atoms with Gasteiger partial charge in [0, 0.05) is 6.42 Å². The Labute approximate surface area is 99.5 Å². The fraction of sp³-hybridized carbons (Fsp3) is 0.667. The van der Waals surface area contributed by atoms with Gasteiger partial charge in [0.1, 0.15) is 5.01 Å². The zero-order chi connectivity index (χ0) is 11.1. The molecule has 4 heteroatoms. The first kappa shape index (κ1) is 10.3. The monoisotopic (exact) mass is 235 g/mol. The van der Waals surface area contributed by atoms with E-state index >= 15 is 0 Å². The van der Waals surface area contributed by atoms with E-state index in [4.69, 9.17) is 10.1 Å². The summed E-state index contributed by atoms with van der Waals surface area (Å²) in [5.74, 6) is 0.673. The number of aryl methyl sites for hydroxylation is 2. The van der Waals surface area contributed by atoms with Crippen molar-refractivity contribution < 1.29 is 0 Å². The first-order valence-electron chi connectivity index (χ1n) is 6.10. The SMILES string of the molecule is CC(C)Cc1nn2c3c(nc2s1)CCCC3. The average molecular weight is 235 g/mol. The van der Waals surface area contributed by atoms with Gasteiger partial charge in [-0.1, -0.05) is 25.2 Å². The van der Waals surface area contributed by atoms with Gasteiger partial charge in [0.05, 0.1) is 11.4 Å². The minimum Gasteiger partial charge on any atom is -0.222 e. The molecule has 0 N–H and O–H groups in total. The van der Waals surface area contributed by atoms with E-state index in [1.165, 1.54) is 29.2 Å². The molecule has 3 nitrogen and oxygen atoms in total. The maximum atomic E-state index is 4.70. The number of nitrogens with zero attached hydrogens (tertiary/aromatic N) is 3. The highest BCUT2D eigenvalue weighted by atomic mass is 32.1. The molecule has 1 aliphatic rings. The molecule has 86 valence electrons. The Morgan fingerprint density at radius 2 is 2.12 bits per heavy atom. The largest absolute Gasteiger partial charge is 0.222 e. The van der Waals surface area contributed by atoms with Crippen molar-refractivity contribution >= 4 is 16.3 Å². The minimum atomic E-state index is 0.673. The summed E-state index contributed by atoms with van der Waals surface area (Å²) < 4.78 is 2.09. The van der Waals surface area contributed by atoms with Gasteiger partial charge in [-0.2, -0.15) is 5.10 Å². The summed E-state index contributed by atoms with van der Waals surface area (Å²) in [7, 11) is 0. The van der Waals surface area contributed by atoms with Crippen LogP contribution in [0.4, 0.5) is 0 Å². The maximum Gasteiger partial charge on any atom is 0.212 e. The van der Waals surface area contributed by atoms with E-state index in [9.17, 15) is 0 Å². The van der Waals surface area contributed by atoms with Crippen molar-refractivity contribution in [3.8, 4) is 0 Å². The predicted octanol–water partition coefficient (Wildman–Crippen LogP) is 2.87. The lowest BCUT2D eigenvalue weighted by Crippen LogP contribution is -2.05. The molecule has 2 aromatic heterocycles. The molecule has 16 heavy (non-hydrogen) atoms. The fourth-order valence-corrected chi connectivity index (χ4v) is 3.48. The Bertz CT molecular complexity index is 510. The number of rotatable bonds is 2. The van der Waals surface area contributed by atoms with Crippen LogP contribution < -0.4 is 0 Å². The normalized spacial score (nSPS) is 15.9. The summed E-state index contributed by atoms with van der Waals surface area (Å²) >= 11 is 1.76. The summed E-state index contributed by atoms with van der Waals surface area (Å²) in [6, 6.07) is 0. The van der Waals surface area contributed by atoms with Crippen LogP contribution in [0.2, 0.25) is 0 Å². The molecule has 1 aliphatic carbocycles. The molecule has 0 saturated heterocycles. The van der Waals surface area contributed by atoms with Crippen LogP contribution in [-0.4, -0.2) is 14.6 Å². The summed E-state index contributed by atoms with van der Waals surface area (Å²) in [6.07, 6.45) is 5.95. The Kier molecular flexibility index (Phi) is 2.46. The molecule has 0 unspecified atom stereocenters. The van der Waals surface area contributed by atoms with Gasteiger partial charge < -0.3 is 0 Å². The summed E-state index contributed by atoms with van der Waals surface area (Å²) in [6.45, 7) is 4.47. The Morgan fingerprint density at radius 1 is 1.31 bits per heavy atom. The first-order valence-corrected chi connectivity index (χ1v) is 6.92. The molecule has 0 saturated carbocycles. The van der Waals surface area contributed by atoms with Crippen molar-refractivity contribution in [2.75, 3.05) is 0 Å². The molecule has 0 atom stereocenters. The van der Waals surface area contributed by atoms with Gasteiger partial charge in [0.15, 0.2) is 0 Å². The molecule has 0 radical (unpaired) electrons. The van der Waals surface area contributed by atoms with Gasteiger partial charge in [-0.15, -0.1) is 0 Å². The van der Waals surface area contributed by atoms with Crippen molar-refractivity contribution in [3.05, 3.63) is 16.4 Å². The van der Waals surface area contributed by atoms with Crippen LogP contribution in [-0.2, 0) is 19.3 Å². The Balaban J connectivity index is 2.03. The second-order valence-electron chi connectivity index (χ2n) is 5.00. The predicted molar refractivity (Wildman–Crippen MR) is 66.0 cm³/mol. The van der Waals surface area contributed by atoms with E-state index in [1.807, 2.05) is 0 Å². The van der Waals surface area contributed by atoms with E-state index in [0.29, 0.717) is 5.92 Å². The van der Waals surface area contributed by atoms with Crippen LogP contribution in [0.1, 0.15) is 43.1 Å². The zero-order valence-corrected chi connectivity index (χ0v) is 10.7. The third-order valence-electron chi connectivity index (χ3n) is 3.08. The molecular weight excluding hydrogens is 218 g/mol. The van der Waals surface area contributed by atoms with E-state index in [2.05, 4.69) is 18.4 Å². The molecule has 0 bridgehead atoms. The number of imidazole rings is 1. The minimum absolute atomic E-state index is 0.673. The van der Waals surface area contributed by atoms with Crippen LogP contribution in [0, 0.1) is 5.92 Å².